The fraction of sp³-hybridized carbons (Fsp3) is 0.158. The Kier molecular flexibility index (Phi) is 4.89. The highest BCUT2D eigenvalue weighted by atomic mass is 16.6. The number of benzene rings is 2. The summed E-state index contributed by atoms with van der Waals surface area (Å²) >= 11 is 0. The van der Waals surface area contributed by atoms with Crippen molar-refractivity contribution in [2.45, 2.75) is 13.5 Å². The standard InChI is InChI=1S/C19H17N3O5/c1-12-3-5-13(6-4-12)11-21-18(23)15(20-19(21)24)9-14-7-8-17(27-2)16(10-14)22(25)26/h3-10H,11H2,1-2H3,(H,20,24)/b15-9+. The highest BCUT2D eigenvalue weighted by Crippen LogP contribution is 2.28. The van der Waals surface area contributed by atoms with E-state index in [0.29, 0.717) is 5.56 Å². The van der Waals surface area contributed by atoms with E-state index in [2.05, 4.69) is 5.32 Å². The van der Waals surface area contributed by atoms with Crippen LogP contribution in [0.3, 0.4) is 0 Å². The number of nitrogens with one attached hydrogen (secondary N) is 1. The molecule has 0 aliphatic carbocycles. The Morgan fingerprint density at radius 2 is 1.89 bits per heavy atom. The molecule has 27 heavy (non-hydrogen) atoms. The average Bonchev–Trinajstić information content (AvgIpc) is 2.90. The molecule has 1 fully saturated rings. The number of amides is 3. The van der Waals surface area contributed by atoms with Gasteiger partial charge in [0.05, 0.1) is 18.6 Å². The van der Waals surface area contributed by atoms with Gasteiger partial charge in [0.25, 0.3) is 5.91 Å². The van der Waals surface area contributed by atoms with Crippen LogP contribution in [-0.2, 0) is 11.3 Å². The first kappa shape index (κ1) is 18.1. The number of imide groups is 1. The number of nitro groups is 1. The second-order valence-electron chi connectivity index (χ2n) is 6.05. The van der Waals surface area contributed by atoms with Crippen molar-refractivity contribution in [1.82, 2.24) is 10.2 Å². The van der Waals surface area contributed by atoms with Gasteiger partial charge in [-0.15, -0.1) is 0 Å². The second-order valence-corrected chi connectivity index (χ2v) is 6.05. The van der Waals surface area contributed by atoms with Gasteiger partial charge in [-0.05, 0) is 30.2 Å². The average molecular weight is 367 g/mol. The van der Waals surface area contributed by atoms with Crippen molar-refractivity contribution >= 4 is 23.7 Å². The Labute approximate surface area is 155 Å². The van der Waals surface area contributed by atoms with Crippen LogP contribution in [0.15, 0.2) is 48.2 Å². The molecule has 138 valence electrons. The van der Waals surface area contributed by atoms with Gasteiger partial charge in [-0.25, -0.2) is 4.79 Å². The molecular formula is C19H17N3O5. The number of carbonyl (C=O) groups excluding carboxylic acids is 2. The van der Waals surface area contributed by atoms with E-state index in [4.69, 9.17) is 4.74 Å². The lowest BCUT2D eigenvalue weighted by Crippen LogP contribution is -2.30. The van der Waals surface area contributed by atoms with Crippen LogP contribution in [0.2, 0.25) is 0 Å². The zero-order chi connectivity index (χ0) is 19.6. The van der Waals surface area contributed by atoms with Crippen LogP contribution in [0, 0.1) is 17.0 Å². The van der Waals surface area contributed by atoms with E-state index in [-0.39, 0.29) is 23.7 Å². The smallest absolute Gasteiger partial charge is 0.329 e. The van der Waals surface area contributed by atoms with Gasteiger partial charge in [-0.3, -0.25) is 19.8 Å². The highest BCUT2D eigenvalue weighted by Gasteiger charge is 2.33. The number of methoxy groups -OCH3 is 1. The molecule has 3 rings (SSSR count). The summed E-state index contributed by atoms with van der Waals surface area (Å²) in [7, 11) is 1.34. The van der Waals surface area contributed by atoms with E-state index < -0.39 is 16.9 Å². The van der Waals surface area contributed by atoms with Crippen LogP contribution in [0.25, 0.3) is 6.08 Å². The zero-order valence-electron chi connectivity index (χ0n) is 14.8. The molecule has 0 unspecified atom stereocenters. The van der Waals surface area contributed by atoms with Crippen molar-refractivity contribution in [1.29, 1.82) is 0 Å². The molecule has 1 aliphatic rings. The lowest BCUT2D eigenvalue weighted by Gasteiger charge is -2.11. The minimum absolute atomic E-state index is 0.0616. The van der Waals surface area contributed by atoms with Crippen LogP contribution in [0.5, 0.6) is 5.75 Å². The predicted molar refractivity (Wildman–Crippen MR) is 97.9 cm³/mol. The van der Waals surface area contributed by atoms with Gasteiger partial charge in [0.15, 0.2) is 5.75 Å². The first-order valence-electron chi connectivity index (χ1n) is 8.11. The van der Waals surface area contributed by atoms with E-state index in [9.17, 15) is 19.7 Å². The number of ether oxygens (including phenoxy) is 1. The number of aryl methyl sites for hydroxylation is 1. The molecule has 8 nitrogen and oxygen atoms in total. The minimum Gasteiger partial charge on any atom is -0.490 e. The number of nitro benzene ring substituents is 1. The van der Waals surface area contributed by atoms with Crippen LogP contribution in [0.4, 0.5) is 10.5 Å². The highest BCUT2D eigenvalue weighted by molar-refractivity contribution is 6.13. The number of hydrogen-bond acceptors (Lipinski definition) is 5. The molecule has 0 bridgehead atoms. The SMILES string of the molecule is COc1ccc(/C=C2/NC(=O)N(Cc3ccc(C)cc3)C2=O)cc1[N+](=O)[O-]. The first-order valence-corrected chi connectivity index (χ1v) is 8.11. The van der Waals surface area contributed by atoms with Crippen molar-refractivity contribution in [3.63, 3.8) is 0 Å². The number of rotatable bonds is 5. The van der Waals surface area contributed by atoms with Gasteiger partial charge in [-0.2, -0.15) is 0 Å². The van der Waals surface area contributed by atoms with E-state index in [1.54, 1.807) is 6.07 Å². The third-order valence-corrected chi connectivity index (χ3v) is 4.13. The first-order chi connectivity index (χ1) is 12.9. The van der Waals surface area contributed by atoms with Crippen molar-refractivity contribution in [3.05, 3.63) is 75.0 Å². The molecule has 0 spiro atoms. The van der Waals surface area contributed by atoms with Crippen LogP contribution >= 0.6 is 0 Å². The minimum atomic E-state index is -0.570. The molecule has 0 saturated carbocycles. The topological polar surface area (TPSA) is 102 Å². The van der Waals surface area contributed by atoms with Crippen molar-refractivity contribution in [3.8, 4) is 5.75 Å². The van der Waals surface area contributed by atoms with Crippen molar-refractivity contribution in [2.75, 3.05) is 7.11 Å². The summed E-state index contributed by atoms with van der Waals surface area (Å²) in [4.78, 5) is 36.4. The molecule has 3 amide bonds. The molecule has 0 radical (unpaired) electrons. The normalized spacial score (nSPS) is 15.2. The van der Waals surface area contributed by atoms with Gasteiger partial charge in [0, 0.05) is 6.07 Å². The van der Waals surface area contributed by atoms with Gasteiger partial charge < -0.3 is 10.1 Å². The molecule has 8 heteroatoms. The fourth-order valence-electron chi connectivity index (χ4n) is 2.70. The summed E-state index contributed by atoms with van der Waals surface area (Å²) in [6.45, 7) is 2.09. The molecule has 0 aromatic heterocycles. The van der Waals surface area contributed by atoms with Gasteiger partial charge in [-0.1, -0.05) is 35.9 Å². The summed E-state index contributed by atoms with van der Waals surface area (Å²) < 4.78 is 4.95. The Balaban J connectivity index is 1.84. The van der Waals surface area contributed by atoms with Crippen molar-refractivity contribution in [2.24, 2.45) is 0 Å². The van der Waals surface area contributed by atoms with E-state index in [0.717, 1.165) is 16.0 Å². The summed E-state index contributed by atoms with van der Waals surface area (Å²) in [5, 5.41) is 13.6. The molecule has 0 atom stereocenters. The van der Waals surface area contributed by atoms with Crippen LogP contribution in [0.1, 0.15) is 16.7 Å². The lowest BCUT2D eigenvalue weighted by molar-refractivity contribution is -0.385. The van der Waals surface area contributed by atoms with Crippen molar-refractivity contribution < 1.29 is 19.2 Å². The Morgan fingerprint density at radius 3 is 2.52 bits per heavy atom. The molecule has 2 aromatic rings. The number of urea groups is 1. The Hall–Kier alpha value is -3.68. The third-order valence-electron chi connectivity index (χ3n) is 4.13. The molecule has 2 aromatic carbocycles. The monoisotopic (exact) mass is 367 g/mol. The maximum absolute atomic E-state index is 12.5. The largest absolute Gasteiger partial charge is 0.490 e. The lowest BCUT2D eigenvalue weighted by atomic mass is 10.1. The second kappa shape index (κ2) is 7.28. The predicted octanol–water partition coefficient (Wildman–Crippen LogP) is 3.00. The molecule has 1 N–H and O–H groups in total. The maximum Gasteiger partial charge on any atom is 0.329 e. The number of hydrogen-bond donors (Lipinski definition) is 1. The Bertz CT molecular complexity index is 950. The summed E-state index contributed by atoms with van der Waals surface area (Å²) in [6, 6.07) is 11.3. The summed E-state index contributed by atoms with van der Waals surface area (Å²) in [5.74, 6) is -0.371. The van der Waals surface area contributed by atoms with Crippen LogP contribution < -0.4 is 10.1 Å². The Morgan fingerprint density at radius 1 is 1.19 bits per heavy atom. The maximum atomic E-state index is 12.5. The molecule has 1 heterocycles. The quantitative estimate of drug-likeness (QED) is 0.379. The summed E-state index contributed by atoms with van der Waals surface area (Å²) in [6.07, 6.45) is 1.40. The van der Waals surface area contributed by atoms with Crippen LogP contribution in [-0.4, -0.2) is 28.9 Å². The molecule has 1 aliphatic heterocycles. The van der Waals surface area contributed by atoms with Gasteiger partial charge >= 0.3 is 11.7 Å². The molecule has 1 saturated heterocycles. The third kappa shape index (κ3) is 3.79. The fourth-order valence-corrected chi connectivity index (χ4v) is 2.70. The zero-order valence-corrected chi connectivity index (χ0v) is 14.8. The summed E-state index contributed by atoms with van der Waals surface area (Å²) in [5.41, 5.74) is 2.15. The van der Waals surface area contributed by atoms with Gasteiger partial charge in [0.1, 0.15) is 5.70 Å². The van der Waals surface area contributed by atoms with E-state index in [1.165, 1.54) is 25.3 Å². The number of nitrogens with zero attached hydrogens (tertiary/aromatic N) is 2. The van der Waals surface area contributed by atoms with Gasteiger partial charge in [0.2, 0.25) is 0 Å². The van der Waals surface area contributed by atoms with E-state index in [1.807, 2.05) is 31.2 Å². The van der Waals surface area contributed by atoms with E-state index >= 15 is 0 Å². The number of carbonyl (C=O) groups is 2. The molecular weight excluding hydrogens is 350 g/mol.